The topological polar surface area (TPSA) is 127 Å². The van der Waals surface area contributed by atoms with E-state index < -0.39 is 36.9 Å². The average Bonchev–Trinajstić information content (AvgIpc) is 3.33. The van der Waals surface area contributed by atoms with E-state index in [1.807, 2.05) is 6.07 Å². The molecule has 0 radical (unpaired) electrons. The van der Waals surface area contributed by atoms with Crippen molar-refractivity contribution in [1.82, 2.24) is 25.2 Å². The summed E-state index contributed by atoms with van der Waals surface area (Å²) in [6.45, 7) is 1.17. The fraction of sp³-hybridized carbons (Fsp3) is 0.481. The van der Waals surface area contributed by atoms with Gasteiger partial charge < -0.3 is 21.1 Å². The number of nitrogens with zero attached hydrogens (tertiary/aromatic N) is 4. The Morgan fingerprint density at radius 3 is 2.52 bits per heavy atom. The Morgan fingerprint density at radius 1 is 1.18 bits per heavy atom. The van der Waals surface area contributed by atoms with Crippen molar-refractivity contribution >= 4 is 17.1 Å². The Morgan fingerprint density at radius 2 is 1.88 bits per heavy atom. The minimum absolute atomic E-state index is 0.114. The van der Waals surface area contributed by atoms with Crippen molar-refractivity contribution in [1.29, 1.82) is 5.26 Å². The van der Waals surface area contributed by atoms with Gasteiger partial charge in [0.2, 0.25) is 0 Å². The van der Waals surface area contributed by atoms with Crippen molar-refractivity contribution in [3.05, 3.63) is 47.8 Å². The van der Waals surface area contributed by atoms with E-state index in [0.717, 1.165) is 0 Å². The van der Waals surface area contributed by atoms with Crippen molar-refractivity contribution in [3.8, 4) is 17.5 Å². The highest BCUT2D eigenvalue weighted by atomic mass is 19.4. The van der Waals surface area contributed by atoms with Crippen LogP contribution in [0.2, 0.25) is 0 Å². The Bertz CT molecular complexity index is 1390. The number of halogens is 4. The van der Waals surface area contributed by atoms with Crippen LogP contribution in [0.5, 0.6) is 0 Å². The van der Waals surface area contributed by atoms with Gasteiger partial charge in [0.05, 0.1) is 58.6 Å². The number of alkyl halides is 4. The molecule has 0 bridgehead atoms. The number of aliphatic hydroxyl groups is 1. The Labute approximate surface area is 228 Å². The molecule has 4 rings (SSSR count). The van der Waals surface area contributed by atoms with Gasteiger partial charge in [-0.1, -0.05) is 0 Å². The third-order valence-corrected chi connectivity index (χ3v) is 6.93. The van der Waals surface area contributed by atoms with Crippen LogP contribution in [0.25, 0.3) is 16.9 Å². The normalized spacial score (nSPS) is 18.8. The lowest BCUT2D eigenvalue weighted by Crippen LogP contribution is -2.42. The maximum Gasteiger partial charge on any atom is 0.401 e. The van der Waals surface area contributed by atoms with Crippen molar-refractivity contribution in [2.24, 2.45) is 0 Å². The highest BCUT2D eigenvalue weighted by Crippen LogP contribution is 2.29. The minimum Gasteiger partial charge on any atom is -0.387 e. The molecular weight excluding hydrogens is 530 g/mol. The summed E-state index contributed by atoms with van der Waals surface area (Å²) < 4.78 is 53.7. The lowest BCUT2D eigenvalue weighted by molar-refractivity contribution is -0.126. The standard InChI is InChI=1S/C27H31F4N7O2/c1-26(2,40)24(28)14-34-25(39)20-13-33-22(23-8-7-19-9-16(11-32)12-36-38(19)23)10-21(20)37-18-5-3-17(4-6-18)35-15-27(29,30)31/h7-10,12-13,17-18,24,35,40H,3-6,14-15H2,1-2H3,(H,33,37)(H,34,39)/t17-,18-,24-/m1/s1. The minimum atomic E-state index is -4.28. The van der Waals surface area contributed by atoms with Gasteiger partial charge in [-0.25, -0.2) is 8.91 Å². The SMILES string of the molecule is CC(C)(O)[C@H](F)CNC(=O)c1cnc(-c2ccc3cc(C#N)cnn23)cc1N[C@H]1CC[C@H](NCC(F)(F)F)CC1. The highest BCUT2D eigenvalue weighted by molar-refractivity contribution is 6.00. The van der Waals surface area contributed by atoms with Crippen LogP contribution in [0.4, 0.5) is 23.2 Å². The Balaban J connectivity index is 1.57. The summed E-state index contributed by atoms with van der Waals surface area (Å²) >= 11 is 0. The lowest BCUT2D eigenvalue weighted by Gasteiger charge is -2.31. The first-order chi connectivity index (χ1) is 18.8. The van der Waals surface area contributed by atoms with Gasteiger partial charge in [-0.2, -0.15) is 23.5 Å². The number of carbonyl (C=O) groups excluding carboxylic acids is 1. The van der Waals surface area contributed by atoms with E-state index in [1.54, 1.807) is 28.8 Å². The van der Waals surface area contributed by atoms with E-state index >= 15 is 0 Å². The molecule has 4 N–H and O–H groups in total. The zero-order chi connectivity index (χ0) is 29.1. The summed E-state index contributed by atoms with van der Waals surface area (Å²) in [5.41, 5.74) is 1.12. The quantitative estimate of drug-likeness (QED) is 0.291. The van der Waals surface area contributed by atoms with Crippen LogP contribution in [-0.2, 0) is 0 Å². The van der Waals surface area contributed by atoms with Crippen LogP contribution in [0.1, 0.15) is 55.5 Å². The van der Waals surface area contributed by atoms with Gasteiger partial charge in [-0.05, 0) is 63.8 Å². The van der Waals surface area contributed by atoms with Crippen LogP contribution in [-0.4, -0.2) is 68.7 Å². The summed E-state index contributed by atoms with van der Waals surface area (Å²) in [5, 5.41) is 31.7. The summed E-state index contributed by atoms with van der Waals surface area (Å²) in [4.78, 5) is 17.5. The van der Waals surface area contributed by atoms with Gasteiger partial charge in [-0.15, -0.1) is 0 Å². The largest absolute Gasteiger partial charge is 0.401 e. The fourth-order valence-corrected chi connectivity index (χ4v) is 4.60. The number of aromatic nitrogens is 3. The Kier molecular flexibility index (Phi) is 8.60. The van der Waals surface area contributed by atoms with E-state index in [-0.39, 0.29) is 17.6 Å². The number of hydrogen-bond acceptors (Lipinski definition) is 7. The predicted molar refractivity (Wildman–Crippen MR) is 140 cm³/mol. The van der Waals surface area contributed by atoms with E-state index in [2.05, 4.69) is 26.0 Å². The maximum absolute atomic E-state index is 14.3. The number of nitrogens with one attached hydrogen (secondary N) is 3. The average molecular weight is 562 g/mol. The van der Waals surface area contributed by atoms with Gasteiger partial charge in [0.15, 0.2) is 0 Å². The molecule has 9 nitrogen and oxygen atoms in total. The number of anilines is 1. The van der Waals surface area contributed by atoms with E-state index in [0.29, 0.717) is 53.8 Å². The molecule has 0 aromatic carbocycles. The molecule has 3 aromatic rings. The van der Waals surface area contributed by atoms with Gasteiger partial charge in [0.25, 0.3) is 5.91 Å². The van der Waals surface area contributed by atoms with Gasteiger partial charge in [0, 0.05) is 18.3 Å². The van der Waals surface area contributed by atoms with E-state index in [1.165, 1.54) is 26.2 Å². The van der Waals surface area contributed by atoms with E-state index in [9.17, 15) is 27.5 Å². The molecule has 1 atom stereocenters. The molecule has 3 aromatic heterocycles. The van der Waals surface area contributed by atoms with Crippen molar-refractivity contribution < 1.29 is 27.5 Å². The number of rotatable bonds is 9. The second-order valence-corrected chi connectivity index (χ2v) is 10.5. The third-order valence-electron chi connectivity index (χ3n) is 6.93. The smallest absolute Gasteiger partial charge is 0.387 e. The van der Waals surface area contributed by atoms with Crippen molar-refractivity contribution in [2.45, 2.75) is 69.6 Å². The predicted octanol–water partition coefficient (Wildman–Crippen LogP) is 3.98. The molecule has 0 saturated heterocycles. The molecule has 40 heavy (non-hydrogen) atoms. The zero-order valence-corrected chi connectivity index (χ0v) is 22.1. The molecule has 1 saturated carbocycles. The molecule has 13 heteroatoms. The van der Waals surface area contributed by atoms with Crippen LogP contribution >= 0.6 is 0 Å². The number of fused-ring (bicyclic) bond motifs is 1. The van der Waals surface area contributed by atoms with Crippen LogP contribution in [0, 0.1) is 11.3 Å². The number of nitriles is 1. The fourth-order valence-electron chi connectivity index (χ4n) is 4.60. The van der Waals surface area contributed by atoms with Gasteiger partial charge in [-0.3, -0.25) is 9.78 Å². The van der Waals surface area contributed by atoms with Gasteiger partial charge >= 0.3 is 6.18 Å². The summed E-state index contributed by atoms with van der Waals surface area (Å²) in [6.07, 6.45) is -0.979. The first kappa shape index (κ1) is 29.2. The first-order valence-corrected chi connectivity index (χ1v) is 12.9. The summed E-state index contributed by atoms with van der Waals surface area (Å²) in [7, 11) is 0. The Hall–Kier alpha value is -3.76. The number of amides is 1. The molecule has 3 heterocycles. The number of carbonyl (C=O) groups is 1. The van der Waals surface area contributed by atoms with Crippen LogP contribution in [0.15, 0.2) is 36.7 Å². The zero-order valence-electron chi connectivity index (χ0n) is 22.1. The number of hydrogen-bond donors (Lipinski definition) is 4. The second-order valence-electron chi connectivity index (χ2n) is 10.5. The first-order valence-electron chi connectivity index (χ1n) is 12.9. The van der Waals surface area contributed by atoms with E-state index in [4.69, 9.17) is 5.26 Å². The molecule has 214 valence electrons. The summed E-state index contributed by atoms with van der Waals surface area (Å²) in [6, 6.07) is 8.59. The monoisotopic (exact) mass is 561 g/mol. The van der Waals surface area contributed by atoms with Crippen molar-refractivity contribution in [3.63, 3.8) is 0 Å². The molecule has 0 aliphatic heterocycles. The second kappa shape index (κ2) is 11.8. The molecule has 1 amide bonds. The maximum atomic E-state index is 14.3. The molecule has 0 spiro atoms. The summed E-state index contributed by atoms with van der Waals surface area (Å²) in [5.74, 6) is -0.592. The van der Waals surface area contributed by atoms with Gasteiger partial charge in [0.1, 0.15) is 12.2 Å². The van der Waals surface area contributed by atoms with Crippen LogP contribution < -0.4 is 16.0 Å². The van der Waals surface area contributed by atoms with Crippen LogP contribution in [0.3, 0.4) is 0 Å². The highest BCUT2D eigenvalue weighted by Gasteiger charge is 2.30. The molecule has 1 aliphatic carbocycles. The molecule has 0 unspecified atom stereocenters. The molecular formula is C27H31F4N7O2. The molecule has 1 aliphatic rings. The van der Waals surface area contributed by atoms with Crippen molar-refractivity contribution in [2.75, 3.05) is 18.4 Å². The molecule has 1 fully saturated rings. The number of pyridine rings is 1. The third kappa shape index (κ3) is 7.25. The lowest BCUT2D eigenvalue weighted by atomic mass is 9.90.